The lowest BCUT2D eigenvalue weighted by Gasteiger charge is -2.37. The molecule has 0 aliphatic carbocycles. The Kier molecular flexibility index (Phi) is 12.3. The summed E-state index contributed by atoms with van der Waals surface area (Å²) < 4.78 is 122. The highest BCUT2D eigenvalue weighted by Crippen LogP contribution is 2.39. The van der Waals surface area contributed by atoms with Gasteiger partial charge >= 0.3 is 18.3 Å². The lowest BCUT2D eigenvalue weighted by Crippen LogP contribution is -2.49. The van der Waals surface area contributed by atoms with Gasteiger partial charge in [-0.25, -0.2) is 13.2 Å². The van der Waals surface area contributed by atoms with Crippen LogP contribution in [0.5, 0.6) is 5.75 Å². The number of hydrogen-bond acceptors (Lipinski definition) is 5. The van der Waals surface area contributed by atoms with Gasteiger partial charge in [0.05, 0.1) is 18.2 Å². The van der Waals surface area contributed by atoms with Gasteiger partial charge in [-0.3, -0.25) is 14.4 Å². The fraction of sp³-hybridized carbons (Fsp3) is 0.270. The van der Waals surface area contributed by atoms with Crippen molar-refractivity contribution in [1.29, 1.82) is 0 Å². The Morgan fingerprint density at radius 3 is 2.06 bits per heavy atom. The molecule has 0 aliphatic heterocycles. The van der Waals surface area contributed by atoms with E-state index in [9.17, 15) is 45.1 Å². The lowest BCUT2D eigenvalue weighted by molar-refractivity contribution is -0.215. The quantitative estimate of drug-likeness (QED) is 0.0780. The van der Waals surface area contributed by atoms with E-state index in [1.807, 2.05) is 0 Å². The van der Waals surface area contributed by atoms with Crippen molar-refractivity contribution in [3.05, 3.63) is 136 Å². The maximum absolute atomic E-state index is 15.3. The van der Waals surface area contributed by atoms with Crippen LogP contribution in [0.4, 0.5) is 35.1 Å². The zero-order valence-electron chi connectivity index (χ0n) is 27.6. The SMILES string of the molecule is COC(=O)CCCNC(=O)c1ccc([C@@](Cc2ccccc2)(NC(=O)c2ccc(F)c(C(F)(F)F)c2)c2cc(F)cc(OC(F)(F)C(C)F)c2)cc1. The molecular weight excluding hydrogens is 704 g/mol. The van der Waals surface area contributed by atoms with Gasteiger partial charge in [-0.1, -0.05) is 42.5 Å². The molecule has 4 aromatic carbocycles. The van der Waals surface area contributed by atoms with E-state index in [2.05, 4.69) is 20.1 Å². The van der Waals surface area contributed by atoms with Crippen LogP contribution in [0, 0.1) is 11.6 Å². The molecule has 2 atom stereocenters. The van der Waals surface area contributed by atoms with E-state index in [-0.39, 0.29) is 48.6 Å². The van der Waals surface area contributed by atoms with Crippen molar-refractivity contribution >= 4 is 17.8 Å². The van der Waals surface area contributed by atoms with Gasteiger partial charge in [-0.2, -0.15) is 22.0 Å². The van der Waals surface area contributed by atoms with Crippen LogP contribution in [0.25, 0.3) is 0 Å². The highest BCUT2D eigenvalue weighted by atomic mass is 19.4. The summed E-state index contributed by atoms with van der Waals surface area (Å²) in [5, 5.41) is 5.24. The van der Waals surface area contributed by atoms with Crippen molar-refractivity contribution < 1.29 is 59.0 Å². The van der Waals surface area contributed by atoms with E-state index in [1.54, 1.807) is 30.3 Å². The fourth-order valence-corrected chi connectivity index (χ4v) is 5.26. The number of esters is 1. The van der Waals surface area contributed by atoms with E-state index in [1.165, 1.54) is 31.4 Å². The van der Waals surface area contributed by atoms with Crippen molar-refractivity contribution in [2.75, 3.05) is 13.7 Å². The number of ether oxygens (including phenoxy) is 2. The van der Waals surface area contributed by atoms with Gasteiger partial charge in [0.1, 0.15) is 17.4 Å². The highest BCUT2D eigenvalue weighted by Gasteiger charge is 2.42. The Morgan fingerprint density at radius 1 is 0.788 bits per heavy atom. The largest absolute Gasteiger partial charge is 0.469 e. The molecule has 0 spiro atoms. The Balaban J connectivity index is 1.88. The number of rotatable bonds is 14. The molecule has 15 heteroatoms. The van der Waals surface area contributed by atoms with Crippen LogP contribution in [0.15, 0.2) is 91.0 Å². The molecule has 4 rings (SSSR count). The molecule has 52 heavy (non-hydrogen) atoms. The van der Waals surface area contributed by atoms with Crippen LogP contribution in [0.2, 0.25) is 0 Å². The zero-order valence-corrected chi connectivity index (χ0v) is 27.6. The first-order valence-corrected chi connectivity index (χ1v) is 15.7. The van der Waals surface area contributed by atoms with E-state index >= 15 is 4.39 Å². The first kappa shape index (κ1) is 39.3. The summed E-state index contributed by atoms with van der Waals surface area (Å²) in [6.45, 7) is 0.629. The minimum Gasteiger partial charge on any atom is -0.469 e. The monoisotopic (exact) mass is 736 g/mol. The second-order valence-electron chi connectivity index (χ2n) is 11.7. The number of methoxy groups -OCH3 is 1. The van der Waals surface area contributed by atoms with Gasteiger partial charge in [0.15, 0.2) is 0 Å². The fourth-order valence-electron chi connectivity index (χ4n) is 5.26. The van der Waals surface area contributed by atoms with Crippen molar-refractivity contribution in [1.82, 2.24) is 10.6 Å². The topological polar surface area (TPSA) is 93.7 Å². The molecule has 7 nitrogen and oxygen atoms in total. The molecule has 2 amide bonds. The third kappa shape index (κ3) is 9.65. The molecule has 2 N–H and O–H groups in total. The van der Waals surface area contributed by atoms with E-state index in [4.69, 9.17) is 0 Å². The van der Waals surface area contributed by atoms with Gasteiger partial charge in [-0.05, 0) is 72.5 Å². The first-order chi connectivity index (χ1) is 24.4. The Labute approximate surface area is 292 Å². The second-order valence-corrected chi connectivity index (χ2v) is 11.7. The zero-order chi connectivity index (χ0) is 38.3. The number of carbonyl (C=O) groups is 3. The summed E-state index contributed by atoms with van der Waals surface area (Å²) in [5.74, 6) is -5.90. The van der Waals surface area contributed by atoms with E-state index < -0.39 is 70.3 Å². The molecular formula is C37H32F8N2O5. The molecule has 0 aromatic heterocycles. The normalized spacial score (nSPS) is 13.4. The molecule has 0 heterocycles. The molecule has 1 unspecified atom stereocenters. The van der Waals surface area contributed by atoms with Crippen LogP contribution >= 0.6 is 0 Å². The van der Waals surface area contributed by atoms with Crippen molar-refractivity contribution in [3.8, 4) is 5.75 Å². The maximum atomic E-state index is 15.3. The molecule has 0 saturated carbocycles. The van der Waals surface area contributed by atoms with Crippen LogP contribution in [-0.4, -0.2) is 43.7 Å². The Bertz CT molecular complexity index is 1890. The summed E-state index contributed by atoms with van der Waals surface area (Å²) >= 11 is 0. The van der Waals surface area contributed by atoms with Crippen molar-refractivity contribution in [2.24, 2.45) is 0 Å². The summed E-state index contributed by atoms with van der Waals surface area (Å²) in [6.07, 6.45) is -12.4. The van der Waals surface area contributed by atoms with Gasteiger partial charge in [0.25, 0.3) is 11.8 Å². The number of amides is 2. The number of hydrogen-bond donors (Lipinski definition) is 2. The number of benzene rings is 4. The average Bonchev–Trinajstić information content (AvgIpc) is 3.09. The standard InChI is InChI=1S/C37H32F8N2O5/c1-22(38)37(44,45)52-29-19-27(18-28(39)20-29)35(21-23-7-4-3-5-8-23,47-34(50)25-12-15-31(40)30(17-25)36(41,42)43)26-13-10-24(11-14-26)33(49)46-16-6-9-32(48)51-2/h3-5,7-8,10-15,17-20,22H,6,9,16,21H2,1-2H3,(H,46,49)(H,47,50)/t22?,35-/m1/s1. The molecule has 276 valence electrons. The highest BCUT2D eigenvalue weighted by molar-refractivity contribution is 5.96. The number of nitrogens with one attached hydrogen (secondary N) is 2. The third-order valence-electron chi connectivity index (χ3n) is 7.96. The summed E-state index contributed by atoms with van der Waals surface area (Å²) in [5.41, 5.74) is -4.03. The minimum absolute atomic E-state index is 0.0471. The summed E-state index contributed by atoms with van der Waals surface area (Å²) in [7, 11) is 1.22. The van der Waals surface area contributed by atoms with Crippen molar-refractivity contribution in [3.63, 3.8) is 0 Å². The Hall–Kier alpha value is -5.47. The van der Waals surface area contributed by atoms with Gasteiger partial charge in [0, 0.05) is 36.6 Å². The van der Waals surface area contributed by atoms with Gasteiger partial charge in [-0.15, -0.1) is 0 Å². The molecule has 0 bridgehead atoms. The average molecular weight is 737 g/mol. The maximum Gasteiger partial charge on any atom is 0.429 e. The summed E-state index contributed by atoms with van der Waals surface area (Å²) in [6, 6.07) is 17.3. The Morgan fingerprint density at radius 2 is 1.44 bits per heavy atom. The molecule has 4 aromatic rings. The number of alkyl halides is 6. The predicted molar refractivity (Wildman–Crippen MR) is 172 cm³/mol. The third-order valence-corrected chi connectivity index (χ3v) is 7.96. The van der Waals surface area contributed by atoms with Crippen LogP contribution in [0.1, 0.15) is 62.7 Å². The number of halogens is 8. The van der Waals surface area contributed by atoms with Gasteiger partial charge < -0.3 is 20.1 Å². The van der Waals surface area contributed by atoms with Crippen LogP contribution < -0.4 is 15.4 Å². The molecule has 0 aliphatic rings. The van der Waals surface area contributed by atoms with Gasteiger partial charge in [0.2, 0.25) is 6.17 Å². The molecule has 0 radical (unpaired) electrons. The predicted octanol–water partition coefficient (Wildman–Crippen LogP) is 7.91. The van der Waals surface area contributed by atoms with Crippen LogP contribution in [-0.2, 0) is 27.7 Å². The van der Waals surface area contributed by atoms with E-state index in [0.717, 1.165) is 18.2 Å². The minimum atomic E-state index is -5.18. The first-order valence-electron chi connectivity index (χ1n) is 15.7. The smallest absolute Gasteiger partial charge is 0.429 e. The summed E-state index contributed by atoms with van der Waals surface area (Å²) in [4.78, 5) is 38.1. The molecule has 0 fully saturated rings. The lowest BCUT2D eigenvalue weighted by atomic mass is 9.77. The second kappa shape index (κ2) is 16.3. The van der Waals surface area contributed by atoms with Crippen molar-refractivity contribution in [2.45, 2.75) is 50.2 Å². The molecule has 0 saturated heterocycles. The van der Waals surface area contributed by atoms with E-state index in [0.29, 0.717) is 24.6 Å². The number of carbonyl (C=O) groups excluding carboxylic acids is 3. The van der Waals surface area contributed by atoms with Crippen LogP contribution in [0.3, 0.4) is 0 Å².